The van der Waals surface area contributed by atoms with Gasteiger partial charge in [0.15, 0.2) is 0 Å². The van der Waals surface area contributed by atoms with Crippen LogP contribution in [-0.2, 0) is 0 Å². The van der Waals surface area contributed by atoms with Gasteiger partial charge in [-0.2, -0.15) is 0 Å². The van der Waals surface area contributed by atoms with Crippen molar-refractivity contribution in [3.05, 3.63) is 29.8 Å². The smallest absolute Gasteiger partial charge is 0.119 e. The second-order valence-electron chi connectivity index (χ2n) is 5.06. The summed E-state index contributed by atoms with van der Waals surface area (Å²) in [6.45, 7) is 2.62. The fourth-order valence-electron chi connectivity index (χ4n) is 2.41. The fraction of sp³-hybridized carbons (Fsp3) is 0.600. The molecule has 0 amide bonds. The molecular weight excluding hydrogens is 212 g/mol. The summed E-state index contributed by atoms with van der Waals surface area (Å²) in [7, 11) is 0. The summed E-state index contributed by atoms with van der Waals surface area (Å²) < 4.78 is 5.80. The zero-order chi connectivity index (χ0) is 12.1. The average molecular weight is 234 g/mol. The third kappa shape index (κ3) is 3.74. The summed E-state index contributed by atoms with van der Waals surface area (Å²) in [4.78, 5) is 0. The van der Waals surface area contributed by atoms with Crippen molar-refractivity contribution in [3.63, 3.8) is 0 Å². The lowest BCUT2D eigenvalue weighted by atomic mass is 9.90. The van der Waals surface area contributed by atoms with Gasteiger partial charge in [-0.05, 0) is 43.4 Å². The maximum atomic E-state index is 9.41. The van der Waals surface area contributed by atoms with Crippen LogP contribution in [-0.4, -0.2) is 11.7 Å². The monoisotopic (exact) mass is 234 g/mol. The quantitative estimate of drug-likeness (QED) is 0.860. The van der Waals surface area contributed by atoms with Gasteiger partial charge < -0.3 is 9.84 Å². The van der Waals surface area contributed by atoms with E-state index in [0.717, 1.165) is 23.8 Å². The van der Waals surface area contributed by atoms with Gasteiger partial charge in [0.25, 0.3) is 0 Å². The van der Waals surface area contributed by atoms with Crippen molar-refractivity contribution < 1.29 is 9.84 Å². The lowest BCUT2D eigenvalue weighted by molar-refractivity contribution is 0.198. The Morgan fingerprint density at radius 1 is 1.18 bits per heavy atom. The molecule has 1 N–H and O–H groups in total. The summed E-state index contributed by atoms with van der Waals surface area (Å²) in [5.41, 5.74) is 0.940. The van der Waals surface area contributed by atoms with Crippen molar-refractivity contribution >= 4 is 0 Å². The predicted molar refractivity (Wildman–Crippen MR) is 69.1 cm³/mol. The number of hydrogen-bond acceptors (Lipinski definition) is 2. The zero-order valence-electron chi connectivity index (χ0n) is 10.6. The SMILES string of the molecule is CC(O)c1ccc(OCC2CCCCC2)cc1. The number of aliphatic hydroxyl groups is 1. The van der Waals surface area contributed by atoms with Gasteiger partial charge in [0.1, 0.15) is 5.75 Å². The third-order valence-corrected chi connectivity index (χ3v) is 3.57. The van der Waals surface area contributed by atoms with Crippen molar-refractivity contribution in [2.75, 3.05) is 6.61 Å². The van der Waals surface area contributed by atoms with Crippen molar-refractivity contribution in [1.29, 1.82) is 0 Å². The minimum absolute atomic E-state index is 0.401. The lowest BCUT2D eigenvalue weighted by Gasteiger charge is -2.21. The van der Waals surface area contributed by atoms with E-state index in [0.29, 0.717) is 0 Å². The normalized spacial score (nSPS) is 18.9. The van der Waals surface area contributed by atoms with Gasteiger partial charge in [-0.1, -0.05) is 31.4 Å². The summed E-state index contributed by atoms with van der Waals surface area (Å²) in [6.07, 6.45) is 6.32. The molecule has 2 heteroatoms. The Morgan fingerprint density at radius 2 is 1.82 bits per heavy atom. The van der Waals surface area contributed by atoms with Gasteiger partial charge in [0.2, 0.25) is 0 Å². The molecule has 2 rings (SSSR count). The van der Waals surface area contributed by atoms with E-state index in [1.165, 1.54) is 32.1 Å². The van der Waals surface area contributed by atoms with Crippen LogP contribution in [0.25, 0.3) is 0 Å². The minimum Gasteiger partial charge on any atom is -0.493 e. The van der Waals surface area contributed by atoms with E-state index >= 15 is 0 Å². The van der Waals surface area contributed by atoms with Gasteiger partial charge in [-0.3, -0.25) is 0 Å². The second-order valence-corrected chi connectivity index (χ2v) is 5.06. The van der Waals surface area contributed by atoms with Crippen LogP contribution in [0, 0.1) is 5.92 Å². The number of rotatable bonds is 4. The molecule has 1 fully saturated rings. The van der Waals surface area contributed by atoms with Crippen LogP contribution >= 0.6 is 0 Å². The molecule has 0 radical (unpaired) electrons. The zero-order valence-corrected chi connectivity index (χ0v) is 10.6. The van der Waals surface area contributed by atoms with Gasteiger partial charge in [0, 0.05) is 0 Å². The molecule has 1 aliphatic rings. The van der Waals surface area contributed by atoms with Crippen LogP contribution in [0.3, 0.4) is 0 Å². The summed E-state index contributed by atoms with van der Waals surface area (Å²) >= 11 is 0. The fourth-order valence-corrected chi connectivity index (χ4v) is 2.41. The molecule has 0 spiro atoms. The molecule has 0 aromatic heterocycles. The van der Waals surface area contributed by atoms with Crippen LogP contribution in [0.4, 0.5) is 0 Å². The first kappa shape index (κ1) is 12.4. The van der Waals surface area contributed by atoms with Crippen molar-refractivity contribution in [1.82, 2.24) is 0 Å². The van der Waals surface area contributed by atoms with Crippen molar-refractivity contribution in [2.24, 2.45) is 5.92 Å². The molecule has 1 aromatic rings. The number of benzene rings is 1. The Bertz CT molecular complexity index is 323. The summed E-state index contributed by atoms with van der Waals surface area (Å²) in [5.74, 6) is 1.65. The molecule has 1 aromatic carbocycles. The first-order chi connectivity index (χ1) is 8.25. The lowest BCUT2D eigenvalue weighted by Crippen LogP contribution is -2.15. The van der Waals surface area contributed by atoms with Crippen LogP contribution in [0.15, 0.2) is 24.3 Å². The second kappa shape index (κ2) is 6.06. The molecule has 1 unspecified atom stereocenters. The van der Waals surface area contributed by atoms with Gasteiger partial charge >= 0.3 is 0 Å². The number of ether oxygens (including phenoxy) is 1. The third-order valence-electron chi connectivity index (χ3n) is 3.57. The first-order valence-electron chi connectivity index (χ1n) is 6.66. The Kier molecular flexibility index (Phi) is 4.43. The molecule has 0 heterocycles. The van der Waals surface area contributed by atoms with E-state index < -0.39 is 6.10 Å². The van der Waals surface area contributed by atoms with E-state index in [9.17, 15) is 5.11 Å². The molecule has 0 aliphatic heterocycles. The summed E-state index contributed by atoms with van der Waals surface area (Å²) in [5, 5.41) is 9.41. The van der Waals surface area contributed by atoms with Crippen molar-refractivity contribution in [3.8, 4) is 5.75 Å². The molecule has 0 bridgehead atoms. The minimum atomic E-state index is -0.401. The molecule has 94 valence electrons. The highest BCUT2D eigenvalue weighted by molar-refractivity contribution is 5.28. The maximum absolute atomic E-state index is 9.41. The highest BCUT2D eigenvalue weighted by atomic mass is 16.5. The molecule has 2 nitrogen and oxygen atoms in total. The van der Waals surface area contributed by atoms with Crippen LogP contribution in [0.5, 0.6) is 5.75 Å². The number of aliphatic hydroxyl groups excluding tert-OH is 1. The topological polar surface area (TPSA) is 29.5 Å². The standard InChI is InChI=1S/C15H22O2/c1-12(16)14-7-9-15(10-8-14)17-11-13-5-3-2-4-6-13/h7-10,12-13,16H,2-6,11H2,1H3. The van der Waals surface area contributed by atoms with E-state index in [4.69, 9.17) is 4.74 Å². The molecule has 1 saturated carbocycles. The molecule has 1 aliphatic carbocycles. The van der Waals surface area contributed by atoms with Crippen LogP contribution in [0.2, 0.25) is 0 Å². The number of hydrogen-bond donors (Lipinski definition) is 1. The van der Waals surface area contributed by atoms with Gasteiger partial charge in [0.05, 0.1) is 12.7 Å². The van der Waals surface area contributed by atoms with E-state index in [1.54, 1.807) is 6.92 Å². The average Bonchev–Trinajstić information content (AvgIpc) is 2.38. The highest BCUT2D eigenvalue weighted by Crippen LogP contribution is 2.25. The Labute approximate surface area is 104 Å². The summed E-state index contributed by atoms with van der Waals surface area (Å²) in [6, 6.07) is 7.76. The van der Waals surface area contributed by atoms with Gasteiger partial charge in [-0.15, -0.1) is 0 Å². The van der Waals surface area contributed by atoms with E-state index in [1.807, 2.05) is 24.3 Å². The van der Waals surface area contributed by atoms with E-state index in [-0.39, 0.29) is 0 Å². The van der Waals surface area contributed by atoms with Crippen LogP contribution < -0.4 is 4.74 Å². The largest absolute Gasteiger partial charge is 0.493 e. The molecule has 1 atom stereocenters. The Balaban J connectivity index is 1.82. The Morgan fingerprint density at radius 3 is 2.41 bits per heavy atom. The van der Waals surface area contributed by atoms with Crippen LogP contribution in [0.1, 0.15) is 50.7 Å². The predicted octanol–water partition coefficient (Wildman–Crippen LogP) is 3.70. The van der Waals surface area contributed by atoms with E-state index in [2.05, 4.69) is 0 Å². The molecule has 0 saturated heterocycles. The molecular formula is C15H22O2. The molecule has 17 heavy (non-hydrogen) atoms. The maximum Gasteiger partial charge on any atom is 0.119 e. The highest BCUT2D eigenvalue weighted by Gasteiger charge is 2.13. The van der Waals surface area contributed by atoms with Gasteiger partial charge in [-0.25, -0.2) is 0 Å². The first-order valence-corrected chi connectivity index (χ1v) is 6.66. The van der Waals surface area contributed by atoms with Crippen molar-refractivity contribution in [2.45, 2.75) is 45.1 Å². The Hall–Kier alpha value is -1.02.